The zero-order valence-corrected chi connectivity index (χ0v) is 17.5. The van der Waals surface area contributed by atoms with E-state index in [1.54, 1.807) is 22.7 Å². The Bertz CT molecular complexity index is 733. The third-order valence-corrected chi connectivity index (χ3v) is 7.31. The minimum atomic E-state index is -0.304. The van der Waals surface area contributed by atoms with E-state index in [0.29, 0.717) is 23.8 Å². The largest absolute Gasteiger partial charge is 0.338 e. The van der Waals surface area contributed by atoms with Crippen LogP contribution >= 0.6 is 22.7 Å². The first-order chi connectivity index (χ1) is 12.4. The minimum absolute atomic E-state index is 0.304. The van der Waals surface area contributed by atoms with Crippen LogP contribution in [-0.4, -0.2) is 41.4 Å². The molecule has 5 heteroatoms. The number of hydrogen-bond acceptors (Lipinski definition) is 4. The van der Waals surface area contributed by atoms with Crippen LogP contribution < -0.4 is 0 Å². The molecular weight excluding hydrogens is 360 g/mol. The summed E-state index contributed by atoms with van der Waals surface area (Å²) in [6.45, 7) is 10.2. The molecular formula is C21H28N2OS2. The fourth-order valence-electron chi connectivity index (χ4n) is 4.59. The topological polar surface area (TPSA) is 23.6 Å². The van der Waals surface area contributed by atoms with Crippen LogP contribution in [0.1, 0.15) is 44.2 Å². The number of nitrogens with zero attached hydrogens (tertiary/aromatic N) is 2. The van der Waals surface area contributed by atoms with Crippen LogP contribution in [0.4, 0.5) is 0 Å². The predicted octanol–water partition coefficient (Wildman–Crippen LogP) is 4.67. The second kappa shape index (κ2) is 7.10. The highest BCUT2D eigenvalue weighted by molar-refractivity contribution is 7.08. The lowest BCUT2D eigenvalue weighted by Crippen LogP contribution is -2.49. The maximum atomic E-state index is 13.1. The third kappa shape index (κ3) is 3.49. The summed E-state index contributed by atoms with van der Waals surface area (Å²) in [7, 11) is 0. The Morgan fingerprint density at radius 2 is 1.92 bits per heavy atom. The lowest BCUT2D eigenvalue weighted by Gasteiger charge is -2.40. The van der Waals surface area contributed by atoms with Crippen molar-refractivity contribution >= 4 is 28.6 Å². The van der Waals surface area contributed by atoms with Crippen LogP contribution in [-0.2, 0) is 11.3 Å². The quantitative estimate of drug-likeness (QED) is 0.763. The van der Waals surface area contributed by atoms with Crippen LogP contribution in [0, 0.1) is 11.3 Å². The SMILES string of the molecule is CC(C)(C)C(=O)N1C[C@H](c2ccsc2)[C@H]2CN(Cc3ccsc3)CC[C@H]21. The number of amides is 1. The Morgan fingerprint density at radius 1 is 1.15 bits per heavy atom. The number of carbonyl (C=O) groups excluding carboxylic acids is 1. The third-order valence-electron chi connectivity index (χ3n) is 5.87. The smallest absolute Gasteiger partial charge is 0.228 e. The Hall–Kier alpha value is -1.17. The molecule has 3 nitrogen and oxygen atoms in total. The minimum Gasteiger partial charge on any atom is -0.338 e. The summed E-state index contributed by atoms with van der Waals surface area (Å²) in [6.07, 6.45) is 1.09. The molecule has 2 aromatic rings. The van der Waals surface area contributed by atoms with Gasteiger partial charge in [0, 0.05) is 49.5 Å². The number of rotatable bonds is 3. The molecule has 3 atom stereocenters. The molecule has 0 radical (unpaired) electrons. The second-order valence-corrected chi connectivity index (χ2v) is 10.3. The Kier molecular flexibility index (Phi) is 4.97. The van der Waals surface area contributed by atoms with E-state index in [0.717, 1.165) is 32.6 Å². The van der Waals surface area contributed by atoms with Crippen molar-refractivity contribution in [3.8, 4) is 0 Å². The highest BCUT2D eigenvalue weighted by Gasteiger charge is 2.48. The molecule has 4 heterocycles. The second-order valence-electron chi connectivity index (χ2n) is 8.76. The predicted molar refractivity (Wildman–Crippen MR) is 110 cm³/mol. The highest BCUT2D eigenvalue weighted by atomic mass is 32.1. The molecule has 2 saturated heterocycles. The lowest BCUT2D eigenvalue weighted by molar-refractivity contribution is -0.141. The first-order valence-electron chi connectivity index (χ1n) is 9.50. The number of carbonyl (C=O) groups is 1. The summed E-state index contributed by atoms with van der Waals surface area (Å²) in [4.78, 5) is 17.9. The van der Waals surface area contributed by atoms with Crippen molar-refractivity contribution in [3.63, 3.8) is 0 Å². The molecule has 2 aliphatic heterocycles. The molecule has 26 heavy (non-hydrogen) atoms. The van der Waals surface area contributed by atoms with Crippen molar-refractivity contribution < 1.29 is 4.79 Å². The van der Waals surface area contributed by atoms with Gasteiger partial charge in [-0.25, -0.2) is 0 Å². The van der Waals surface area contributed by atoms with Gasteiger partial charge in [0.2, 0.25) is 5.91 Å². The molecule has 140 valence electrons. The molecule has 0 aliphatic carbocycles. The summed E-state index contributed by atoms with van der Waals surface area (Å²) in [6, 6.07) is 4.89. The number of fused-ring (bicyclic) bond motifs is 1. The van der Waals surface area contributed by atoms with E-state index in [2.05, 4.69) is 43.5 Å². The van der Waals surface area contributed by atoms with Crippen molar-refractivity contribution in [3.05, 3.63) is 44.8 Å². The number of hydrogen-bond donors (Lipinski definition) is 0. The lowest BCUT2D eigenvalue weighted by atomic mass is 9.82. The van der Waals surface area contributed by atoms with Gasteiger partial charge in [0.25, 0.3) is 0 Å². The van der Waals surface area contributed by atoms with Crippen LogP contribution in [0.5, 0.6) is 0 Å². The van der Waals surface area contributed by atoms with E-state index in [4.69, 9.17) is 0 Å². The number of thiophene rings is 2. The Balaban J connectivity index is 1.56. The molecule has 0 N–H and O–H groups in total. The van der Waals surface area contributed by atoms with Crippen molar-refractivity contribution in [2.75, 3.05) is 19.6 Å². The first kappa shape index (κ1) is 18.2. The van der Waals surface area contributed by atoms with Crippen molar-refractivity contribution in [2.24, 2.45) is 11.3 Å². The van der Waals surface area contributed by atoms with Crippen molar-refractivity contribution in [1.82, 2.24) is 9.80 Å². The summed E-state index contributed by atoms with van der Waals surface area (Å²) < 4.78 is 0. The van der Waals surface area contributed by atoms with Gasteiger partial charge in [-0.05, 0) is 51.2 Å². The zero-order chi connectivity index (χ0) is 18.3. The summed E-state index contributed by atoms with van der Waals surface area (Å²) in [5.41, 5.74) is 2.54. The summed E-state index contributed by atoms with van der Waals surface area (Å²) in [5.74, 6) is 1.34. The van der Waals surface area contributed by atoms with E-state index in [-0.39, 0.29) is 5.41 Å². The molecule has 4 rings (SSSR count). The standard InChI is InChI=1S/C21H28N2OS2/c1-21(2,3)20(24)23-12-17(16-6-9-26-14-16)18-11-22(7-4-19(18)23)10-15-5-8-25-13-15/h5-6,8-9,13-14,17-19H,4,7,10-12H2,1-3H3/t17-,18-,19-/m1/s1. The number of likely N-dealkylation sites (tertiary alicyclic amines) is 2. The molecule has 2 fully saturated rings. The van der Waals surface area contributed by atoms with E-state index < -0.39 is 0 Å². The van der Waals surface area contributed by atoms with Gasteiger partial charge in [-0.3, -0.25) is 9.69 Å². The molecule has 1 amide bonds. The van der Waals surface area contributed by atoms with Crippen LogP contribution in [0.3, 0.4) is 0 Å². The average Bonchev–Trinajstić information content (AvgIpc) is 3.33. The monoisotopic (exact) mass is 388 g/mol. The van der Waals surface area contributed by atoms with E-state index in [9.17, 15) is 4.79 Å². The van der Waals surface area contributed by atoms with E-state index in [1.807, 2.05) is 20.8 Å². The van der Waals surface area contributed by atoms with Crippen LogP contribution in [0.2, 0.25) is 0 Å². The first-order valence-corrected chi connectivity index (χ1v) is 11.4. The zero-order valence-electron chi connectivity index (χ0n) is 15.9. The van der Waals surface area contributed by atoms with Gasteiger partial charge < -0.3 is 4.90 Å². The van der Waals surface area contributed by atoms with Gasteiger partial charge in [-0.15, -0.1) is 0 Å². The van der Waals surface area contributed by atoms with Gasteiger partial charge >= 0.3 is 0 Å². The van der Waals surface area contributed by atoms with Gasteiger partial charge in [0.15, 0.2) is 0 Å². The summed E-state index contributed by atoms with van der Waals surface area (Å²) >= 11 is 3.54. The van der Waals surface area contributed by atoms with Gasteiger partial charge in [0.05, 0.1) is 0 Å². The van der Waals surface area contributed by atoms with Crippen LogP contribution in [0.25, 0.3) is 0 Å². The maximum absolute atomic E-state index is 13.1. The molecule has 2 aliphatic rings. The fourth-order valence-corrected chi connectivity index (χ4v) is 5.98. The molecule has 0 unspecified atom stereocenters. The Morgan fingerprint density at radius 3 is 2.58 bits per heavy atom. The number of piperidine rings is 1. The van der Waals surface area contributed by atoms with Crippen molar-refractivity contribution in [2.45, 2.75) is 45.7 Å². The van der Waals surface area contributed by atoms with E-state index in [1.165, 1.54) is 11.1 Å². The molecule has 0 spiro atoms. The van der Waals surface area contributed by atoms with Gasteiger partial charge in [-0.2, -0.15) is 22.7 Å². The average molecular weight is 389 g/mol. The Labute approximate surface area is 164 Å². The molecule has 0 aromatic carbocycles. The molecule has 0 bridgehead atoms. The normalized spacial score (nSPS) is 26.9. The van der Waals surface area contributed by atoms with Crippen LogP contribution in [0.15, 0.2) is 33.7 Å². The molecule has 0 saturated carbocycles. The van der Waals surface area contributed by atoms with Crippen molar-refractivity contribution in [1.29, 1.82) is 0 Å². The maximum Gasteiger partial charge on any atom is 0.228 e. The molecule has 2 aromatic heterocycles. The van der Waals surface area contributed by atoms with Gasteiger partial charge in [-0.1, -0.05) is 20.8 Å². The van der Waals surface area contributed by atoms with Gasteiger partial charge in [0.1, 0.15) is 0 Å². The fraction of sp³-hybridized carbons (Fsp3) is 0.571. The summed E-state index contributed by atoms with van der Waals surface area (Å²) in [5, 5.41) is 8.87. The highest BCUT2D eigenvalue weighted by Crippen LogP contribution is 2.43. The van der Waals surface area contributed by atoms with E-state index >= 15 is 0 Å².